The molecule has 24 heavy (non-hydrogen) atoms. The fourth-order valence-corrected chi connectivity index (χ4v) is 2.66. The minimum Gasteiger partial charge on any atom is -0.380 e. The Morgan fingerprint density at radius 2 is 1.67 bits per heavy atom. The highest BCUT2D eigenvalue weighted by molar-refractivity contribution is 5.63. The molecule has 2 aromatic heterocycles. The van der Waals surface area contributed by atoms with Crippen LogP contribution < -0.4 is 5.32 Å². The zero-order valence-corrected chi connectivity index (χ0v) is 13.0. The van der Waals surface area contributed by atoms with Crippen LogP contribution in [0.25, 0.3) is 16.9 Å². The highest BCUT2D eigenvalue weighted by Crippen LogP contribution is 2.21. The summed E-state index contributed by atoms with van der Waals surface area (Å²) in [4.78, 5) is 4.58. The summed E-state index contributed by atoms with van der Waals surface area (Å²) in [6.07, 6.45) is 3.97. The molecule has 0 atom stereocenters. The van der Waals surface area contributed by atoms with E-state index in [1.54, 1.807) is 12.1 Å². The quantitative estimate of drug-likeness (QED) is 0.588. The molecule has 0 aliphatic rings. The normalized spacial score (nSPS) is 10.9. The van der Waals surface area contributed by atoms with E-state index in [0.717, 1.165) is 29.1 Å². The van der Waals surface area contributed by atoms with E-state index in [4.69, 9.17) is 0 Å². The van der Waals surface area contributed by atoms with Crippen molar-refractivity contribution < 1.29 is 4.39 Å². The number of imidazole rings is 1. The molecule has 0 unspecified atom stereocenters. The van der Waals surface area contributed by atoms with Gasteiger partial charge in [-0.2, -0.15) is 0 Å². The third kappa shape index (κ3) is 2.99. The average Bonchev–Trinajstić information content (AvgIpc) is 3.05. The summed E-state index contributed by atoms with van der Waals surface area (Å²) >= 11 is 0. The molecule has 3 nitrogen and oxygen atoms in total. The first-order valence-corrected chi connectivity index (χ1v) is 7.80. The van der Waals surface area contributed by atoms with E-state index in [1.165, 1.54) is 17.7 Å². The third-order valence-corrected chi connectivity index (χ3v) is 3.93. The van der Waals surface area contributed by atoms with E-state index in [0.29, 0.717) is 0 Å². The average molecular weight is 317 g/mol. The molecule has 0 aliphatic carbocycles. The summed E-state index contributed by atoms with van der Waals surface area (Å²) < 4.78 is 15.0. The molecule has 0 aliphatic heterocycles. The summed E-state index contributed by atoms with van der Waals surface area (Å²) in [5.41, 5.74) is 4.85. The Hall–Kier alpha value is -3.14. The monoisotopic (exact) mass is 317 g/mol. The zero-order valence-electron chi connectivity index (χ0n) is 13.0. The highest BCUT2D eigenvalue weighted by atomic mass is 19.1. The van der Waals surface area contributed by atoms with Gasteiger partial charge in [0.15, 0.2) is 0 Å². The zero-order chi connectivity index (χ0) is 16.4. The van der Waals surface area contributed by atoms with Gasteiger partial charge >= 0.3 is 0 Å². The number of pyridine rings is 1. The molecule has 0 spiro atoms. The minimum atomic E-state index is -0.241. The van der Waals surface area contributed by atoms with Crippen molar-refractivity contribution in [2.75, 3.05) is 5.32 Å². The Morgan fingerprint density at radius 1 is 0.875 bits per heavy atom. The molecular weight excluding hydrogens is 301 g/mol. The number of nitrogens with one attached hydrogen (secondary N) is 1. The fraction of sp³-hybridized carbons (Fsp3) is 0.0500. The van der Waals surface area contributed by atoms with Crippen LogP contribution in [0.15, 0.2) is 79.1 Å². The molecule has 2 aromatic carbocycles. The van der Waals surface area contributed by atoms with Crippen molar-refractivity contribution in [1.82, 2.24) is 9.38 Å². The first-order valence-electron chi connectivity index (χ1n) is 7.80. The Morgan fingerprint density at radius 3 is 2.46 bits per heavy atom. The summed E-state index contributed by atoms with van der Waals surface area (Å²) in [7, 11) is 0. The van der Waals surface area contributed by atoms with Crippen LogP contribution in [0.1, 0.15) is 5.56 Å². The maximum Gasteiger partial charge on any atom is 0.137 e. The lowest BCUT2D eigenvalue weighted by Gasteiger charge is -2.06. The van der Waals surface area contributed by atoms with Crippen molar-refractivity contribution in [2.45, 2.75) is 6.54 Å². The van der Waals surface area contributed by atoms with E-state index in [-0.39, 0.29) is 5.82 Å². The molecule has 2 heterocycles. The van der Waals surface area contributed by atoms with Gasteiger partial charge in [0.25, 0.3) is 0 Å². The van der Waals surface area contributed by atoms with Crippen molar-refractivity contribution in [3.8, 4) is 11.3 Å². The number of aromatic nitrogens is 2. The lowest BCUT2D eigenvalue weighted by Crippen LogP contribution is -2.00. The Balaban J connectivity index is 1.58. The number of hydrogen-bond acceptors (Lipinski definition) is 2. The number of hydrogen-bond donors (Lipinski definition) is 1. The fourth-order valence-electron chi connectivity index (χ4n) is 2.66. The van der Waals surface area contributed by atoms with E-state index in [1.807, 2.05) is 47.1 Å². The first kappa shape index (κ1) is 14.5. The van der Waals surface area contributed by atoms with Crippen LogP contribution in [0.5, 0.6) is 0 Å². The molecule has 1 N–H and O–H groups in total. The Kier molecular flexibility index (Phi) is 3.71. The summed E-state index contributed by atoms with van der Waals surface area (Å²) in [6, 6.07) is 20.6. The summed E-state index contributed by atoms with van der Waals surface area (Å²) in [5, 5.41) is 3.41. The number of nitrogens with zero attached hydrogens (tertiary/aromatic N) is 2. The molecule has 0 saturated carbocycles. The first-order chi connectivity index (χ1) is 11.8. The molecule has 0 amide bonds. The molecular formula is C20H16FN3. The van der Waals surface area contributed by atoms with Gasteiger partial charge in [-0.25, -0.2) is 9.37 Å². The number of anilines is 1. The topological polar surface area (TPSA) is 29.3 Å². The van der Waals surface area contributed by atoms with Crippen LogP contribution in [0.3, 0.4) is 0 Å². The number of benzene rings is 2. The second-order valence-electron chi connectivity index (χ2n) is 5.66. The Bertz CT molecular complexity index is 959. The van der Waals surface area contributed by atoms with Gasteiger partial charge in [0.05, 0.1) is 11.4 Å². The molecule has 0 fully saturated rings. The van der Waals surface area contributed by atoms with Crippen molar-refractivity contribution in [3.05, 3.63) is 90.5 Å². The molecule has 118 valence electrons. The van der Waals surface area contributed by atoms with Crippen LogP contribution in [0.4, 0.5) is 10.1 Å². The van der Waals surface area contributed by atoms with Gasteiger partial charge in [0.1, 0.15) is 11.5 Å². The van der Waals surface area contributed by atoms with Crippen molar-refractivity contribution in [1.29, 1.82) is 0 Å². The van der Waals surface area contributed by atoms with Crippen molar-refractivity contribution >= 4 is 11.3 Å². The number of fused-ring (bicyclic) bond motifs is 1. The van der Waals surface area contributed by atoms with Crippen LogP contribution in [-0.2, 0) is 6.54 Å². The van der Waals surface area contributed by atoms with Gasteiger partial charge in [-0.05, 0) is 42.0 Å². The molecule has 4 heteroatoms. The van der Waals surface area contributed by atoms with Gasteiger partial charge < -0.3 is 9.72 Å². The number of halogens is 1. The van der Waals surface area contributed by atoms with Gasteiger partial charge in [-0.15, -0.1) is 0 Å². The molecule has 4 rings (SSSR count). The maximum atomic E-state index is 13.1. The van der Waals surface area contributed by atoms with Gasteiger partial charge in [0, 0.05) is 24.5 Å². The lowest BCUT2D eigenvalue weighted by molar-refractivity contribution is 0.628. The van der Waals surface area contributed by atoms with Crippen LogP contribution in [0.2, 0.25) is 0 Å². The van der Waals surface area contributed by atoms with Gasteiger partial charge in [-0.3, -0.25) is 0 Å². The third-order valence-electron chi connectivity index (χ3n) is 3.93. The summed E-state index contributed by atoms with van der Waals surface area (Å²) in [5.74, 6) is -0.241. The lowest BCUT2D eigenvalue weighted by atomic mass is 10.2. The minimum absolute atomic E-state index is 0.241. The molecule has 0 saturated heterocycles. The SMILES string of the molecule is Fc1ccc(-c2cn3cc(NCc4ccccc4)ccc3n2)cc1. The van der Waals surface area contributed by atoms with Crippen LogP contribution >= 0.6 is 0 Å². The Labute approximate surface area is 139 Å². The van der Waals surface area contributed by atoms with E-state index in [9.17, 15) is 4.39 Å². The van der Waals surface area contributed by atoms with Crippen LogP contribution in [-0.4, -0.2) is 9.38 Å². The molecule has 4 aromatic rings. The molecule has 0 radical (unpaired) electrons. The standard InChI is InChI=1S/C20H16FN3/c21-17-8-6-16(7-9-17)19-14-24-13-18(10-11-20(24)23-19)22-12-15-4-2-1-3-5-15/h1-11,13-14,22H,12H2. The predicted octanol–water partition coefficient (Wildman–Crippen LogP) is 4.75. The maximum absolute atomic E-state index is 13.1. The second-order valence-corrected chi connectivity index (χ2v) is 5.66. The van der Waals surface area contributed by atoms with E-state index < -0.39 is 0 Å². The van der Waals surface area contributed by atoms with E-state index >= 15 is 0 Å². The largest absolute Gasteiger partial charge is 0.380 e. The van der Waals surface area contributed by atoms with Gasteiger partial charge in [-0.1, -0.05) is 30.3 Å². The van der Waals surface area contributed by atoms with E-state index in [2.05, 4.69) is 22.4 Å². The smallest absolute Gasteiger partial charge is 0.137 e. The van der Waals surface area contributed by atoms with Gasteiger partial charge in [0.2, 0.25) is 0 Å². The predicted molar refractivity (Wildman–Crippen MR) is 94.4 cm³/mol. The second kappa shape index (κ2) is 6.16. The highest BCUT2D eigenvalue weighted by Gasteiger charge is 2.05. The van der Waals surface area contributed by atoms with Crippen molar-refractivity contribution in [3.63, 3.8) is 0 Å². The molecule has 0 bridgehead atoms. The van der Waals surface area contributed by atoms with Crippen LogP contribution in [0, 0.1) is 5.82 Å². The summed E-state index contributed by atoms with van der Waals surface area (Å²) in [6.45, 7) is 0.770. The number of rotatable bonds is 4. The van der Waals surface area contributed by atoms with Crippen molar-refractivity contribution in [2.24, 2.45) is 0 Å².